The van der Waals surface area contributed by atoms with Gasteiger partial charge in [0.25, 0.3) is 0 Å². The first-order chi connectivity index (χ1) is 3.77. The molecule has 0 aliphatic heterocycles. The molecule has 0 aliphatic carbocycles. The summed E-state index contributed by atoms with van der Waals surface area (Å²) in [6.45, 7) is 5.31. The van der Waals surface area contributed by atoms with Crippen molar-refractivity contribution in [3.8, 4) is 0 Å². The molecule has 0 rings (SSSR count). The molecule has 0 aromatic heterocycles. The molecule has 1 N–H and O–H groups in total. The fraction of sp³-hybridized carbons (Fsp3) is 1.00. The Labute approximate surface area is 106 Å². The average Bonchev–Trinajstić information content (AvgIpc) is 1.66. The van der Waals surface area contributed by atoms with Gasteiger partial charge in [0.15, 0.2) is 0 Å². The van der Waals surface area contributed by atoms with Crippen molar-refractivity contribution in [2.45, 2.75) is 13.6 Å². The third-order valence-corrected chi connectivity index (χ3v) is 0.797. The number of nitrogens with zero attached hydrogens (tertiary/aromatic N) is 1. The van der Waals surface area contributed by atoms with Crippen molar-refractivity contribution in [3.63, 3.8) is 0 Å². The van der Waals surface area contributed by atoms with Gasteiger partial charge in [-0.05, 0) is 6.54 Å². The Kier molecular flexibility index (Phi) is 15.0. The van der Waals surface area contributed by atoms with Gasteiger partial charge in [-0.1, -0.05) is 0 Å². The molecule has 0 spiro atoms. The Balaban J connectivity index is 0. The quantitative estimate of drug-likeness (QED) is 0.218. The van der Waals surface area contributed by atoms with Crippen LogP contribution < -0.4 is 56.8 Å². The van der Waals surface area contributed by atoms with E-state index in [1.54, 1.807) is 0 Å². The number of nitrogens with one attached hydrogen (secondary N) is 1. The monoisotopic (exact) mass is 170 g/mol. The van der Waals surface area contributed by atoms with Crippen molar-refractivity contribution in [2.75, 3.05) is 12.3 Å². The third-order valence-electron chi connectivity index (χ3n) is 0.573. The summed E-state index contributed by atoms with van der Waals surface area (Å²) in [6, 6.07) is 0. The zero-order chi connectivity index (χ0) is 6.41. The Morgan fingerprint density at radius 2 is 2.11 bits per heavy atom. The molecule has 5 heteroatoms. The van der Waals surface area contributed by atoms with E-state index < -0.39 is 0 Å². The first-order valence-corrected chi connectivity index (χ1v) is 3.44. The summed E-state index contributed by atoms with van der Waals surface area (Å²) < 4.78 is 0. The van der Waals surface area contributed by atoms with Crippen LogP contribution in [0.4, 0.5) is 0 Å². The predicted octanol–water partition coefficient (Wildman–Crippen LogP) is -1.95. The second-order valence-electron chi connectivity index (χ2n) is 1.85. The summed E-state index contributed by atoms with van der Waals surface area (Å²) in [4.78, 5) is 0. The molecule has 2 nitrogen and oxygen atoms in total. The van der Waals surface area contributed by atoms with E-state index in [2.05, 4.69) is 23.4 Å². The maximum atomic E-state index is 4.02. The zero-order valence-electron chi connectivity index (χ0n) is 6.39. The average molecular weight is 170 g/mol. The van der Waals surface area contributed by atoms with E-state index in [1.807, 2.05) is 13.6 Å². The summed E-state index contributed by atoms with van der Waals surface area (Å²) in [6.07, 6.45) is 0. The van der Waals surface area contributed by atoms with Crippen molar-refractivity contribution in [2.24, 2.45) is 0 Å². The first kappa shape index (κ1) is 13.6. The van der Waals surface area contributed by atoms with Gasteiger partial charge < -0.3 is 10.8 Å². The second kappa shape index (κ2) is 9.97. The molecule has 0 amide bonds. The van der Waals surface area contributed by atoms with Gasteiger partial charge in [-0.3, -0.25) is 0 Å². The van der Waals surface area contributed by atoms with Crippen LogP contribution in [0.5, 0.6) is 0 Å². The van der Waals surface area contributed by atoms with E-state index in [0.717, 1.165) is 12.3 Å². The summed E-state index contributed by atoms with van der Waals surface area (Å²) in [5.74, 6) is 0.843. The summed E-state index contributed by atoms with van der Waals surface area (Å²) in [7, 11) is 0. The Hall–Kier alpha value is 1.97. The van der Waals surface area contributed by atoms with Crippen molar-refractivity contribution in [1.29, 1.82) is 0 Å². The fourth-order valence-corrected chi connectivity index (χ4v) is 0.397. The summed E-state index contributed by atoms with van der Waals surface area (Å²) in [5, 5.41) is 4.02. The van der Waals surface area contributed by atoms with Crippen LogP contribution in [0.1, 0.15) is 0 Å². The van der Waals surface area contributed by atoms with Gasteiger partial charge in [-0.25, -0.2) is 0 Å². The molecule has 0 unspecified atom stereocenters. The molecule has 48 valence electrons. The van der Waals surface area contributed by atoms with Crippen molar-refractivity contribution < 1.29 is 51.4 Å². The van der Waals surface area contributed by atoms with Crippen LogP contribution in [0.25, 0.3) is 5.34 Å². The van der Waals surface area contributed by atoms with Crippen LogP contribution in [0.3, 0.4) is 0 Å². The normalized spacial score (nSPS) is 8.33. The molecule has 0 bridgehead atoms. The van der Waals surface area contributed by atoms with Gasteiger partial charge in [-0.15, -0.1) is 13.6 Å². The van der Waals surface area contributed by atoms with E-state index in [0.29, 0.717) is 6.85 Å². The van der Waals surface area contributed by atoms with Gasteiger partial charge in [0.05, 0.1) is 0 Å². The van der Waals surface area contributed by atoms with Crippen LogP contribution in [-0.2, 0) is 0 Å². The van der Waals surface area contributed by atoms with Crippen molar-refractivity contribution in [3.05, 3.63) is 5.34 Å². The van der Waals surface area contributed by atoms with Gasteiger partial charge in [-0.2, -0.15) is 12.6 Å². The van der Waals surface area contributed by atoms with Crippen LogP contribution in [0.2, 0.25) is 13.6 Å². The maximum Gasteiger partial charge on any atom is 1.00 e. The molecule has 0 aromatic rings. The van der Waals surface area contributed by atoms with Gasteiger partial charge >= 0.3 is 51.4 Å². The summed E-state index contributed by atoms with van der Waals surface area (Å²) in [5.41, 5.74) is 2.88. The van der Waals surface area contributed by atoms with Crippen molar-refractivity contribution >= 4 is 19.5 Å². The van der Waals surface area contributed by atoms with Crippen LogP contribution in [0.15, 0.2) is 0 Å². The van der Waals surface area contributed by atoms with Gasteiger partial charge in [0, 0.05) is 12.6 Å². The van der Waals surface area contributed by atoms with Gasteiger partial charge in [0.2, 0.25) is 0 Å². The Morgan fingerprint density at radius 3 is 2.44 bits per heavy atom. The molecule has 0 fully saturated rings. The second-order valence-corrected chi connectivity index (χ2v) is 2.30. The molecule has 0 saturated carbocycles. The fourth-order valence-electron chi connectivity index (χ4n) is 0.297. The van der Waals surface area contributed by atoms with Crippen LogP contribution in [0, 0.1) is 0 Å². The minimum atomic E-state index is 0. The van der Waals surface area contributed by atoms with E-state index >= 15 is 0 Å². The summed E-state index contributed by atoms with van der Waals surface area (Å²) >= 11 is 4.00. The van der Waals surface area contributed by atoms with Crippen molar-refractivity contribution in [1.82, 2.24) is 5.43 Å². The first-order valence-electron chi connectivity index (χ1n) is 2.81. The van der Waals surface area contributed by atoms with Crippen LogP contribution >= 0.6 is 12.6 Å². The Bertz CT molecular complexity index is 55.8. The van der Waals surface area contributed by atoms with E-state index in [1.165, 1.54) is 0 Å². The number of hydrogen-bond acceptors (Lipinski definition) is 2. The maximum absolute atomic E-state index is 4.02. The number of thiol groups is 1. The van der Waals surface area contributed by atoms with Gasteiger partial charge in [0.1, 0.15) is 0 Å². The zero-order valence-corrected chi connectivity index (χ0v) is 10.4. The van der Waals surface area contributed by atoms with E-state index in [4.69, 9.17) is 0 Å². The Morgan fingerprint density at radius 1 is 1.56 bits per heavy atom. The number of hydrogen-bond donors (Lipinski definition) is 2. The molecule has 0 aromatic carbocycles. The smallest absolute Gasteiger partial charge is 0.621 e. The third kappa shape index (κ3) is 13.0. The molecule has 0 radical (unpaired) electrons. The molecular weight excluding hydrogens is 158 g/mol. The minimum absolute atomic E-state index is 0. The molecular formula is C4H12BKN2S. The molecule has 0 saturated heterocycles. The van der Waals surface area contributed by atoms with E-state index in [-0.39, 0.29) is 51.4 Å². The molecule has 9 heavy (non-hydrogen) atoms. The minimum Gasteiger partial charge on any atom is -0.621 e. The SMILES string of the molecule is CB(C)[N-]NCCS.[K+]. The molecule has 0 atom stereocenters. The molecule has 0 aliphatic rings. The number of rotatable bonds is 4. The standard InChI is InChI=1S/C4H12BN2S.K/c1-5(2)7-6-3-4-8;/h6,8H,3-4H2,1-2H3;/q-1;+1. The largest absolute Gasteiger partial charge is 1.00 e. The predicted molar refractivity (Wildman–Crippen MR) is 42.7 cm³/mol. The van der Waals surface area contributed by atoms with Crippen LogP contribution in [-0.4, -0.2) is 19.1 Å². The molecule has 0 heterocycles. The van der Waals surface area contributed by atoms with E-state index in [9.17, 15) is 0 Å². The topological polar surface area (TPSA) is 26.1 Å².